The first-order valence-corrected chi connectivity index (χ1v) is 10.7. The molecule has 2 aromatic rings. The summed E-state index contributed by atoms with van der Waals surface area (Å²) >= 11 is 0. The Bertz CT molecular complexity index is 962. The van der Waals surface area contributed by atoms with Gasteiger partial charge in [-0.2, -0.15) is 0 Å². The van der Waals surface area contributed by atoms with Crippen molar-refractivity contribution in [3.63, 3.8) is 0 Å². The van der Waals surface area contributed by atoms with Gasteiger partial charge in [0.25, 0.3) is 0 Å². The van der Waals surface area contributed by atoms with E-state index in [0.29, 0.717) is 6.42 Å². The van der Waals surface area contributed by atoms with Gasteiger partial charge in [0.05, 0.1) is 0 Å². The van der Waals surface area contributed by atoms with Gasteiger partial charge in [0.15, 0.2) is 6.61 Å². The van der Waals surface area contributed by atoms with Crippen molar-refractivity contribution in [3.8, 4) is 11.1 Å². The second kappa shape index (κ2) is 9.82. The average Bonchev–Trinajstić information content (AvgIpc) is 3.34. The first-order chi connectivity index (χ1) is 15.5. The Hall–Kier alpha value is -3.39. The van der Waals surface area contributed by atoms with E-state index >= 15 is 0 Å². The Balaban J connectivity index is 1.24. The van der Waals surface area contributed by atoms with Gasteiger partial charge < -0.3 is 15.2 Å². The van der Waals surface area contributed by atoms with Gasteiger partial charge in [-0.25, -0.2) is 15.1 Å². The maximum atomic E-state index is 12.4. The first kappa shape index (κ1) is 21.8. The minimum Gasteiger partial charge on any atom is -0.479 e. The van der Waals surface area contributed by atoms with Crippen LogP contribution in [0.3, 0.4) is 0 Å². The van der Waals surface area contributed by atoms with Crippen LogP contribution in [0.15, 0.2) is 48.5 Å². The van der Waals surface area contributed by atoms with Crippen molar-refractivity contribution >= 4 is 18.0 Å². The highest BCUT2D eigenvalue weighted by atomic mass is 16.7. The first-order valence-electron chi connectivity index (χ1n) is 10.7. The van der Waals surface area contributed by atoms with E-state index in [-0.39, 0.29) is 36.8 Å². The van der Waals surface area contributed by atoms with Gasteiger partial charge in [-0.1, -0.05) is 48.5 Å². The number of nitrogens with one attached hydrogen (secondary N) is 2. The van der Waals surface area contributed by atoms with Crippen LogP contribution in [0.25, 0.3) is 11.1 Å². The highest BCUT2D eigenvalue weighted by Gasteiger charge is 2.31. The number of carbonyl (C=O) groups excluding carboxylic acids is 2. The summed E-state index contributed by atoms with van der Waals surface area (Å²) in [4.78, 5) is 39.2. The van der Waals surface area contributed by atoms with E-state index in [1.165, 1.54) is 22.3 Å². The zero-order valence-electron chi connectivity index (χ0n) is 17.6. The summed E-state index contributed by atoms with van der Waals surface area (Å²) < 4.78 is 5.59. The predicted octanol–water partition coefficient (Wildman–Crippen LogP) is 3.22. The van der Waals surface area contributed by atoms with Gasteiger partial charge in [0.2, 0.25) is 5.91 Å². The number of hydroxylamine groups is 1. The molecule has 0 bridgehead atoms. The highest BCUT2D eigenvalue weighted by molar-refractivity contribution is 5.79. The molecular weight excluding hydrogens is 412 g/mol. The van der Waals surface area contributed by atoms with E-state index in [1.807, 2.05) is 24.3 Å². The van der Waals surface area contributed by atoms with Gasteiger partial charge in [-0.15, -0.1) is 0 Å². The number of aliphatic carboxylic acids is 1. The molecule has 0 aliphatic heterocycles. The van der Waals surface area contributed by atoms with Crippen LogP contribution in [0.5, 0.6) is 0 Å². The maximum Gasteiger partial charge on any atom is 0.407 e. The van der Waals surface area contributed by atoms with Crippen LogP contribution in [0.4, 0.5) is 4.79 Å². The summed E-state index contributed by atoms with van der Waals surface area (Å²) in [6, 6.07) is 16.3. The molecule has 168 valence electrons. The van der Waals surface area contributed by atoms with E-state index in [4.69, 9.17) is 9.84 Å². The lowest BCUT2D eigenvalue weighted by Crippen LogP contribution is -2.34. The number of amides is 2. The lowest BCUT2D eigenvalue weighted by Gasteiger charge is -2.17. The molecule has 2 atom stereocenters. The number of rotatable bonds is 8. The van der Waals surface area contributed by atoms with Gasteiger partial charge in [-0.3, -0.25) is 9.63 Å². The maximum absolute atomic E-state index is 12.4. The zero-order valence-corrected chi connectivity index (χ0v) is 17.6. The molecule has 32 heavy (non-hydrogen) atoms. The van der Waals surface area contributed by atoms with E-state index in [0.717, 1.165) is 12.8 Å². The van der Waals surface area contributed by atoms with Crippen LogP contribution in [-0.2, 0) is 19.2 Å². The highest BCUT2D eigenvalue weighted by Crippen LogP contribution is 2.44. The van der Waals surface area contributed by atoms with E-state index in [1.54, 1.807) is 0 Å². The smallest absolute Gasteiger partial charge is 0.407 e. The van der Waals surface area contributed by atoms with Gasteiger partial charge in [0.1, 0.15) is 6.61 Å². The normalized spacial score (nSPS) is 19.1. The SMILES string of the molecule is O=C(O)CONC(=O)CC1CCC(NC(=O)OCC2c3ccccc3-c3ccccc32)C1. The Kier molecular flexibility index (Phi) is 6.70. The zero-order chi connectivity index (χ0) is 22.5. The second-order valence-corrected chi connectivity index (χ2v) is 8.26. The standard InChI is InChI=1S/C24H26N2O6/c27-22(26-32-14-23(28)29)12-15-9-10-16(11-15)25-24(30)31-13-21-19-7-3-1-5-17(19)18-6-2-4-8-20(18)21/h1-8,15-16,21H,9-14H2,(H,25,30)(H,26,27)(H,28,29). The molecule has 0 heterocycles. The van der Waals surface area contributed by atoms with Crippen molar-refractivity contribution in [3.05, 3.63) is 59.7 Å². The summed E-state index contributed by atoms with van der Waals surface area (Å²) in [6.45, 7) is -0.318. The Morgan fingerprint density at radius 1 is 0.969 bits per heavy atom. The molecule has 1 saturated carbocycles. The molecule has 3 N–H and O–H groups in total. The van der Waals surface area contributed by atoms with E-state index in [2.05, 4.69) is 39.9 Å². The summed E-state index contributed by atoms with van der Waals surface area (Å²) in [5, 5.41) is 11.4. The number of hydrogen-bond donors (Lipinski definition) is 3. The number of carbonyl (C=O) groups is 3. The fourth-order valence-electron chi connectivity index (χ4n) is 4.68. The van der Waals surface area contributed by atoms with Crippen molar-refractivity contribution in [2.45, 2.75) is 37.6 Å². The Morgan fingerprint density at radius 2 is 1.62 bits per heavy atom. The third-order valence-electron chi connectivity index (χ3n) is 6.06. The van der Waals surface area contributed by atoms with Crippen LogP contribution in [0.1, 0.15) is 42.7 Å². The van der Waals surface area contributed by atoms with Crippen LogP contribution >= 0.6 is 0 Å². The third kappa shape index (κ3) is 5.08. The molecular formula is C24H26N2O6. The Morgan fingerprint density at radius 3 is 2.28 bits per heavy atom. The number of ether oxygens (including phenoxy) is 1. The number of carboxylic acid groups (broad SMARTS) is 1. The molecule has 2 unspecified atom stereocenters. The molecule has 8 heteroatoms. The molecule has 8 nitrogen and oxygen atoms in total. The number of hydrogen-bond acceptors (Lipinski definition) is 5. The summed E-state index contributed by atoms with van der Waals surface area (Å²) in [6.07, 6.45) is 1.99. The monoisotopic (exact) mass is 438 g/mol. The summed E-state index contributed by atoms with van der Waals surface area (Å²) in [5.74, 6) is -1.40. The van der Waals surface area contributed by atoms with Crippen molar-refractivity contribution in [2.24, 2.45) is 5.92 Å². The number of alkyl carbamates (subject to hydrolysis) is 1. The fourth-order valence-corrected chi connectivity index (χ4v) is 4.68. The van der Waals surface area contributed by atoms with Crippen molar-refractivity contribution < 1.29 is 29.1 Å². The lowest BCUT2D eigenvalue weighted by molar-refractivity contribution is -0.149. The fraction of sp³-hybridized carbons (Fsp3) is 0.375. The van der Waals surface area contributed by atoms with Crippen LogP contribution < -0.4 is 10.8 Å². The van der Waals surface area contributed by atoms with Crippen molar-refractivity contribution in [2.75, 3.05) is 13.2 Å². The number of fused-ring (bicyclic) bond motifs is 3. The quantitative estimate of drug-likeness (QED) is 0.546. The minimum atomic E-state index is -1.15. The van der Waals surface area contributed by atoms with E-state index in [9.17, 15) is 14.4 Å². The van der Waals surface area contributed by atoms with Gasteiger partial charge in [0, 0.05) is 18.4 Å². The summed E-state index contributed by atoms with van der Waals surface area (Å²) in [5.41, 5.74) is 6.83. The minimum absolute atomic E-state index is 0.0129. The molecule has 2 aromatic carbocycles. The van der Waals surface area contributed by atoms with Gasteiger partial charge in [-0.05, 0) is 47.4 Å². The molecule has 0 spiro atoms. The molecule has 2 aliphatic rings. The number of carboxylic acids is 1. The van der Waals surface area contributed by atoms with Crippen LogP contribution in [0.2, 0.25) is 0 Å². The van der Waals surface area contributed by atoms with E-state index < -0.39 is 18.7 Å². The average molecular weight is 438 g/mol. The lowest BCUT2D eigenvalue weighted by atomic mass is 9.98. The van der Waals surface area contributed by atoms with Crippen molar-refractivity contribution in [1.82, 2.24) is 10.8 Å². The predicted molar refractivity (Wildman–Crippen MR) is 116 cm³/mol. The topological polar surface area (TPSA) is 114 Å². The summed E-state index contributed by atoms with van der Waals surface area (Å²) in [7, 11) is 0. The molecule has 2 amide bonds. The molecule has 0 radical (unpaired) electrons. The molecule has 2 aliphatic carbocycles. The van der Waals surface area contributed by atoms with Crippen LogP contribution in [-0.4, -0.2) is 42.3 Å². The van der Waals surface area contributed by atoms with Gasteiger partial charge >= 0.3 is 12.1 Å². The Labute approximate surface area is 185 Å². The molecule has 0 saturated heterocycles. The van der Waals surface area contributed by atoms with Crippen LogP contribution in [0, 0.1) is 5.92 Å². The third-order valence-corrected chi connectivity index (χ3v) is 6.06. The molecule has 1 fully saturated rings. The van der Waals surface area contributed by atoms with Crippen molar-refractivity contribution in [1.29, 1.82) is 0 Å². The molecule has 0 aromatic heterocycles. The second-order valence-electron chi connectivity index (χ2n) is 8.26. The number of benzene rings is 2. The largest absolute Gasteiger partial charge is 0.479 e. The molecule has 4 rings (SSSR count).